The van der Waals surface area contributed by atoms with Crippen LogP contribution in [0.3, 0.4) is 0 Å². The zero-order valence-electron chi connectivity index (χ0n) is 9.71. The molecule has 3 rings (SSSR count). The van der Waals surface area contributed by atoms with Gasteiger partial charge in [0.05, 0.1) is 11.2 Å². The number of nitrogens with zero attached hydrogens (tertiary/aromatic N) is 1. The van der Waals surface area contributed by atoms with E-state index in [2.05, 4.69) is 11.5 Å². The zero-order chi connectivity index (χ0) is 12.4. The summed E-state index contributed by atoms with van der Waals surface area (Å²) >= 11 is 0. The number of hydrogen-bond donors (Lipinski definition) is 1. The second kappa shape index (κ2) is 4.37. The Bertz CT molecular complexity index is 700. The Kier molecular flexibility index (Phi) is 2.57. The third-order valence-electron chi connectivity index (χ3n) is 2.93. The Morgan fingerprint density at radius 1 is 0.944 bits per heavy atom. The maximum absolute atomic E-state index is 11.0. The molecule has 3 aromatic rings. The molecule has 0 bridgehead atoms. The van der Waals surface area contributed by atoms with Crippen molar-refractivity contribution in [2.75, 3.05) is 5.43 Å². The lowest BCUT2D eigenvalue weighted by Crippen LogP contribution is -2.08. The SMILES string of the molecule is O=Cc1ccccc1Nn1ccc2ccccc21. The van der Waals surface area contributed by atoms with Crippen LogP contribution >= 0.6 is 0 Å². The molecule has 0 radical (unpaired) electrons. The van der Waals surface area contributed by atoms with E-state index < -0.39 is 0 Å². The van der Waals surface area contributed by atoms with Crippen molar-refractivity contribution in [3.63, 3.8) is 0 Å². The fourth-order valence-electron chi connectivity index (χ4n) is 2.01. The minimum atomic E-state index is 0.648. The van der Waals surface area contributed by atoms with E-state index in [-0.39, 0.29) is 0 Å². The molecular formula is C15H12N2O. The first kappa shape index (κ1) is 10.6. The van der Waals surface area contributed by atoms with E-state index in [1.807, 2.05) is 53.3 Å². The van der Waals surface area contributed by atoms with Gasteiger partial charge in [0, 0.05) is 17.1 Å². The molecule has 1 heterocycles. The van der Waals surface area contributed by atoms with Gasteiger partial charge in [-0.1, -0.05) is 30.3 Å². The van der Waals surface area contributed by atoms with Crippen molar-refractivity contribution in [3.8, 4) is 0 Å². The van der Waals surface area contributed by atoms with Gasteiger partial charge in [0.2, 0.25) is 0 Å². The molecule has 1 N–H and O–H groups in total. The summed E-state index contributed by atoms with van der Waals surface area (Å²) in [5.41, 5.74) is 5.76. The molecule has 0 atom stereocenters. The normalized spacial score (nSPS) is 10.4. The predicted molar refractivity (Wildman–Crippen MR) is 72.8 cm³/mol. The Hall–Kier alpha value is -2.55. The third-order valence-corrected chi connectivity index (χ3v) is 2.93. The first-order valence-corrected chi connectivity index (χ1v) is 5.76. The lowest BCUT2D eigenvalue weighted by atomic mass is 10.2. The van der Waals surface area contributed by atoms with Crippen molar-refractivity contribution in [3.05, 3.63) is 66.4 Å². The molecule has 0 fully saturated rings. The molecule has 0 aliphatic heterocycles. The first-order chi connectivity index (χ1) is 8.88. The molecule has 0 saturated carbocycles. The summed E-state index contributed by atoms with van der Waals surface area (Å²) in [6, 6.07) is 17.6. The number of para-hydroxylation sites is 2. The number of carbonyl (C=O) groups is 1. The Labute approximate surface area is 105 Å². The lowest BCUT2D eigenvalue weighted by molar-refractivity contribution is 0.112. The van der Waals surface area contributed by atoms with E-state index in [9.17, 15) is 4.79 Å². The molecule has 0 amide bonds. The van der Waals surface area contributed by atoms with Crippen molar-refractivity contribution in [2.24, 2.45) is 0 Å². The van der Waals surface area contributed by atoms with Crippen LogP contribution in [0.25, 0.3) is 10.9 Å². The van der Waals surface area contributed by atoms with Gasteiger partial charge in [-0.2, -0.15) is 0 Å². The van der Waals surface area contributed by atoms with Crippen LogP contribution in [-0.2, 0) is 0 Å². The smallest absolute Gasteiger partial charge is 0.152 e. The Morgan fingerprint density at radius 3 is 2.61 bits per heavy atom. The van der Waals surface area contributed by atoms with Gasteiger partial charge in [-0.25, -0.2) is 0 Å². The molecular weight excluding hydrogens is 224 g/mol. The molecule has 0 saturated heterocycles. The van der Waals surface area contributed by atoms with E-state index in [1.54, 1.807) is 6.07 Å². The van der Waals surface area contributed by atoms with Gasteiger partial charge < -0.3 is 0 Å². The summed E-state index contributed by atoms with van der Waals surface area (Å²) in [6.45, 7) is 0. The minimum Gasteiger partial charge on any atom is -0.298 e. The second-order valence-corrected chi connectivity index (χ2v) is 4.06. The second-order valence-electron chi connectivity index (χ2n) is 4.06. The number of anilines is 1. The molecule has 3 nitrogen and oxygen atoms in total. The van der Waals surface area contributed by atoms with Crippen molar-refractivity contribution in [1.82, 2.24) is 4.68 Å². The van der Waals surface area contributed by atoms with Gasteiger partial charge in [0.15, 0.2) is 6.29 Å². The number of hydrogen-bond acceptors (Lipinski definition) is 2. The van der Waals surface area contributed by atoms with E-state index >= 15 is 0 Å². The fraction of sp³-hybridized carbons (Fsp3) is 0. The molecule has 0 unspecified atom stereocenters. The lowest BCUT2D eigenvalue weighted by Gasteiger charge is -2.11. The zero-order valence-corrected chi connectivity index (χ0v) is 9.71. The molecule has 18 heavy (non-hydrogen) atoms. The number of carbonyl (C=O) groups excluding carboxylic acids is 1. The molecule has 3 heteroatoms. The number of rotatable bonds is 3. The molecule has 88 valence electrons. The number of fused-ring (bicyclic) bond motifs is 1. The summed E-state index contributed by atoms with van der Waals surface area (Å²) in [5.74, 6) is 0. The van der Waals surface area contributed by atoms with Gasteiger partial charge in [0.25, 0.3) is 0 Å². The van der Waals surface area contributed by atoms with E-state index in [1.165, 1.54) is 0 Å². The van der Waals surface area contributed by atoms with Crippen molar-refractivity contribution in [2.45, 2.75) is 0 Å². The fourth-order valence-corrected chi connectivity index (χ4v) is 2.01. The van der Waals surface area contributed by atoms with Gasteiger partial charge in [-0.3, -0.25) is 14.9 Å². The molecule has 0 spiro atoms. The van der Waals surface area contributed by atoms with Crippen LogP contribution in [0, 0.1) is 0 Å². The summed E-state index contributed by atoms with van der Waals surface area (Å²) in [5, 5.41) is 1.16. The third kappa shape index (κ3) is 1.76. The average Bonchev–Trinajstić information content (AvgIpc) is 2.83. The quantitative estimate of drug-likeness (QED) is 0.708. The van der Waals surface area contributed by atoms with Crippen LogP contribution in [0.4, 0.5) is 5.69 Å². The van der Waals surface area contributed by atoms with Gasteiger partial charge in [-0.15, -0.1) is 0 Å². The number of aromatic nitrogens is 1. The highest BCUT2D eigenvalue weighted by Gasteiger charge is 2.03. The van der Waals surface area contributed by atoms with Crippen LogP contribution in [-0.4, -0.2) is 11.0 Å². The number of benzene rings is 2. The number of nitrogens with one attached hydrogen (secondary N) is 1. The maximum Gasteiger partial charge on any atom is 0.152 e. The summed E-state index contributed by atoms with van der Waals surface area (Å²) < 4.78 is 1.91. The monoisotopic (exact) mass is 236 g/mol. The topological polar surface area (TPSA) is 34.0 Å². The van der Waals surface area contributed by atoms with Crippen LogP contribution < -0.4 is 5.43 Å². The van der Waals surface area contributed by atoms with Crippen molar-refractivity contribution < 1.29 is 4.79 Å². The standard InChI is InChI=1S/C15H12N2O/c18-11-13-6-1-3-7-14(13)16-17-10-9-12-5-2-4-8-15(12)17/h1-11,16H. The maximum atomic E-state index is 11.0. The summed E-state index contributed by atoms with van der Waals surface area (Å²) in [6.07, 6.45) is 2.81. The highest BCUT2D eigenvalue weighted by Crippen LogP contribution is 2.18. The van der Waals surface area contributed by atoms with E-state index in [0.717, 1.165) is 22.9 Å². The molecule has 2 aromatic carbocycles. The highest BCUT2D eigenvalue weighted by molar-refractivity contribution is 5.85. The first-order valence-electron chi connectivity index (χ1n) is 5.76. The van der Waals surface area contributed by atoms with E-state index in [0.29, 0.717) is 5.56 Å². The number of aldehydes is 1. The van der Waals surface area contributed by atoms with Gasteiger partial charge in [-0.05, 0) is 24.3 Å². The molecule has 0 aliphatic rings. The van der Waals surface area contributed by atoms with Crippen LogP contribution in [0.5, 0.6) is 0 Å². The van der Waals surface area contributed by atoms with Crippen LogP contribution in [0.1, 0.15) is 10.4 Å². The summed E-state index contributed by atoms with van der Waals surface area (Å²) in [4.78, 5) is 11.0. The predicted octanol–water partition coefficient (Wildman–Crippen LogP) is 3.33. The minimum absolute atomic E-state index is 0.648. The summed E-state index contributed by atoms with van der Waals surface area (Å²) in [7, 11) is 0. The van der Waals surface area contributed by atoms with Crippen LogP contribution in [0.2, 0.25) is 0 Å². The largest absolute Gasteiger partial charge is 0.298 e. The highest BCUT2D eigenvalue weighted by atomic mass is 16.1. The van der Waals surface area contributed by atoms with E-state index in [4.69, 9.17) is 0 Å². The molecule has 0 aliphatic carbocycles. The molecule has 1 aromatic heterocycles. The van der Waals surface area contributed by atoms with Gasteiger partial charge in [0.1, 0.15) is 0 Å². The van der Waals surface area contributed by atoms with Crippen molar-refractivity contribution >= 4 is 22.9 Å². The Morgan fingerprint density at radius 2 is 1.72 bits per heavy atom. The Balaban J connectivity index is 2.04. The van der Waals surface area contributed by atoms with Gasteiger partial charge >= 0.3 is 0 Å². The van der Waals surface area contributed by atoms with Crippen LogP contribution in [0.15, 0.2) is 60.8 Å². The van der Waals surface area contributed by atoms with Crippen molar-refractivity contribution in [1.29, 1.82) is 0 Å². The average molecular weight is 236 g/mol.